The lowest BCUT2D eigenvalue weighted by molar-refractivity contribution is 0.0966. The Morgan fingerprint density at radius 1 is 1.00 bits per heavy atom. The fourth-order valence-corrected chi connectivity index (χ4v) is 1.96. The molecule has 0 saturated carbocycles. The highest BCUT2D eigenvalue weighted by atomic mass is 16.5. The molecule has 108 valence electrons. The van der Waals surface area contributed by atoms with Crippen molar-refractivity contribution in [1.29, 1.82) is 0 Å². The number of benzene rings is 1. The summed E-state index contributed by atoms with van der Waals surface area (Å²) in [4.78, 5) is 0. The average Bonchev–Trinajstić information content (AvgIpc) is 2.35. The van der Waals surface area contributed by atoms with Crippen LogP contribution in [0.1, 0.15) is 38.8 Å². The molecule has 1 N–H and O–H groups in total. The third-order valence-electron chi connectivity index (χ3n) is 2.95. The van der Waals surface area contributed by atoms with E-state index in [-0.39, 0.29) is 0 Å². The van der Waals surface area contributed by atoms with E-state index in [0.29, 0.717) is 11.8 Å². The van der Waals surface area contributed by atoms with Crippen molar-refractivity contribution >= 4 is 0 Å². The quantitative estimate of drug-likeness (QED) is 0.687. The van der Waals surface area contributed by atoms with Crippen LogP contribution >= 0.6 is 0 Å². The van der Waals surface area contributed by atoms with E-state index in [1.807, 2.05) is 0 Å². The van der Waals surface area contributed by atoms with Gasteiger partial charge in [-0.2, -0.15) is 0 Å². The first-order valence-corrected chi connectivity index (χ1v) is 7.44. The zero-order valence-electron chi connectivity index (χ0n) is 12.9. The van der Waals surface area contributed by atoms with Crippen LogP contribution in [0.2, 0.25) is 0 Å². The third kappa shape index (κ3) is 7.34. The Bertz CT molecular complexity index is 347. The molecule has 0 unspecified atom stereocenters. The molecular formula is C17H29NO. The summed E-state index contributed by atoms with van der Waals surface area (Å²) in [5.41, 5.74) is 2.73. The monoisotopic (exact) mass is 263 g/mol. The van der Waals surface area contributed by atoms with Crippen LogP contribution in [0.4, 0.5) is 0 Å². The van der Waals surface area contributed by atoms with Crippen molar-refractivity contribution < 1.29 is 4.74 Å². The van der Waals surface area contributed by atoms with E-state index in [1.54, 1.807) is 0 Å². The van der Waals surface area contributed by atoms with Crippen LogP contribution < -0.4 is 5.32 Å². The van der Waals surface area contributed by atoms with Gasteiger partial charge in [-0.05, 0) is 42.5 Å². The fourth-order valence-electron chi connectivity index (χ4n) is 1.96. The molecule has 0 aliphatic rings. The highest BCUT2D eigenvalue weighted by Crippen LogP contribution is 2.11. The molecule has 0 radical (unpaired) electrons. The van der Waals surface area contributed by atoms with Gasteiger partial charge in [0.05, 0.1) is 6.61 Å². The van der Waals surface area contributed by atoms with Crippen molar-refractivity contribution in [2.75, 3.05) is 19.7 Å². The Kier molecular flexibility index (Phi) is 7.76. The summed E-state index contributed by atoms with van der Waals surface area (Å²) in [5.74, 6) is 1.31. The molecule has 1 aromatic rings. The molecule has 2 heteroatoms. The van der Waals surface area contributed by atoms with Crippen molar-refractivity contribution in [2.24, 2.45) is 11.8 Å². The van der Waals surface area contributed by atoms with Crippen LogP contribution in [0, 0.1) is 11.8 Å². The van der Waals surface area contributed by atoms with Gasteiger partial charge in [0.2, 0.25) is 0 Å². The summed E-state index contributed by atoms with van der Waals surface area (Å²) in [6.07, 6.45) is 1.08. The van der Waals surface area contributed by atoms with Crippen molar-refractivity contribution in [1.82, 2.24) is 5.32 Å². The number of nitrogens with one attached hydrogen (secondary N) is 1. The lowest BCUT2D eigenvalue weighted by Gasteiger charge is -2.12. The van der Waals surface area contributed by atoms with Gasteiger partial charge in [-0.3, -0.25) is 0 Å². The molecule has 0 aliphatic heterocycles. The van der Waals surface area contributed by atoms with Gasteiger partial charge in [-0.1, -0.05) is 52.0 Å². The average molecular weight is 263 g/mol. The highest BCUT2D eigenvalue weighted by Gasteiger charge is 2.03. The molecule has 1 aromatic carbocycles. The van der Waals surface area contributed by atoms with Gasteiger partial charge in [0, 0.05) is 6.61 Å². The van der Waals surface area contributed by atoms with E-state index in [4.69, 9.17) is 4.74 Å². The standard InChI is InChI=1S/C17H29NO/c1-14(2)11-18-10-9-16-7-5-6-8-17(16)13-19-12-15(3)4/h5-8,14-15,18H,9-13H2,1-4H3. The first kappa shape index (κ1) is 16.2. The topological polar surface area (TPSA) is 21.3 Å². The summed E-state index contributed by atoms with van der Waals surface area (Å²) >= 11 is 0. The van der Waals surface area contributed by atoms with E-state index in [2.05, 4.69) is 57.3 Å². The Morgan fingerprint density at radius 3 is 2.32 bits per heavy atom. The van der Waals surface area contributed by atoms with Crippen LogP contribution in [-0.4, -0.2) is 19.7 Å². The molecule has 0 bridgehead atoms. The molecule has 0 spiro atoms. The summed E-state index contributed by atoms with van der Waals surface area (Å²) in [7, 11) is 0. The minimum absolute atomic E-state index is 0.597. The van der Waals surface area contributed by atoms with Gasteiger partial charge in [-0.15, -0.1) is 0 Å². The second-order valence-electron chi connectivity index (χ2n) is 6.03. The lowest BCUT2D eigenvalue weighted by atomic mass is 10.1. The summed E-state index contributed by atoms with van der Waals surface area (Å²) in [6.45, 7) is 12.5. The molecular weight excluding hydrogens is 234 g/mol. The first-order chi connectivity index (χ1) is 9.09. The molecule has 0 amide bonds. The van der Waals surface area contributed by atoms with Crippen molar-refractivity contribution in [3.8, 4) is 0 Å². The maximum atomic E-state index is 5.75. The van der Waals surface area contributed by atoms with Crippen LogP contribution in [0.15, 0.2) is 24.3 Å². The van der Waals surface area contributed by atoms with Gasteiger partial charge in [0.15, 0.2) is 0 Å². The first-order valence-electron chi connectivity index (χ1n) is 7.44. The van der Waals surface area contributed by atoms with E-state index >= 15 is 0 Å². The Balaban J connectivity index is 2.39. The third-order valence-corrected chi connectivity index (χ3v) is 2.95. The number of hydrogen-bond donors (Lipinski definition) is 1. The van der Waals surface area contributed by atoms with Gasteiger partial charge in [0.25, 0.3) is 0 Å². The van der Waals surface area contributed by atoms with Crippen molar-refractivity contribution in [2.45, 2.75) is 40.7 Å². The molecule has 1 rings (SSSR count). The Labute approximate surface area is 118 Å². The van der Waals surface area contributed by atoms with E-state index in [0.717, 1.165) is 32.7 Å². The SMILES string of the molecule is CC(C)CNCCc1ccccc1COCC(C)C. The van der Waals surface area contributed by atoms with E-state index in [1.165, 1.54) is 11.1 Å². The van der Waals surface area contributed by atoms with Gasteiger partial charge in [-0.25, -0.2) is 0 Å². The second-order valence-corrected chi connectivity index (χ2v) is 6.03. The van der Waals surface area contributed by atoms with Gasteiger partial charge < -0.3 is 10.1 Å². The molecule has 0 saturated heterocycles. The second kappa shape index (κ2) is 9.11. The summed E-state index contributed by atoms with van der Waals surface area (Å²) < 4.78 is 5.75. The van der Waals surface area contributed by atoms with Crippen molar-refractivity contribution in [3.05, 3.63) is 35.4 Å². The maximum absolute atomic E-state index is 5.75. The Morgan fingerprint density at radius 2 is 1.68 bits per heavy atom. The molecule has 0 atom stereocenters. The van der Waals surface area contributed by atoms with Crippen LogP contribution in [-0.2, 0) is 17.8 Å². The van der Waals surface area contributed by atoms with Gasteiger partial charge >= 0.3 is 0 Å². The smallest absolute Gasteiger partial charge is 0.0719 e. The van der Waals surface area contributed by atoms with E-state index in [9.17, 15) is 0 Å². The van der Waals surface area contributed by atoms with E-state index < -0.39 is 0 Å². The number of rotatable bonds is 9. The largest absolute Gasteiger partial charge is 0.376 e. The predicted molar refractivity (Wildman–Crippen MR) is 82.3 cm³/mol. The van der Waals surface area contributed by atoms with Crippen LogP contribution in [0.3, 0.4) is 0 Å². The molecule has 19 heavy (non-hydrogen) atoms. The maximum Gasteiger partial charge on any atom is 0.0719 e. The minimum atomic E-state index is 0.597. The normalized spacial score (nSPS) is 11.5. The van der Waals surface area contributed by atoms with Gasteiger partial charge in [0.1, 0.15) is 0 Å². The van der Waals surface area contributed by atoms with Crippen molar-refractivity contribution in [3.63, 3.8) is 0 Å². The molecule has 0 fully saturated rings. The fraction of sp³-hybridized carbons (Fsp3) is 0.647. The van der Waals surface area contributed by atoms with Crippen LogP contribution in [0.5, 0.6) is 0 Å². The predicted octanol–water partition coefficient (Wildman–Crippen LogP) is 3.65. The lowest BCUT2D eigenvalue weighted by Crippen LogP contribution is -2.22. The summed E-state index contributed by atoms with van der Waals surface area (Å²) in [6, 6.07) is 8.60. The molecule has 0 aliphatic carbocycles. The molecule has 2 nitrogen and oxygen atoms in total. The zero-order valence-corrected chi connectivity index (χ0v) is 12.9. The highest BCUT2D eigenvalue weighted by molar-refractivity contribution is 5.26. The number of hydrogen-bond acceptors (Lipinski definition) is 2. The zero-order chi connectivity index (χ0) is 14.1. The minimum Gasteiger partial charge on any atom is -0.376 e. The Hall–Kier alpha value is -0.860. The molecule has 0 aromatic heterocycles. The summed E-state index contributed by atoms with van der Waals surface area (Å²) in [5, 5.41) is 3.49. The van der Waals surface area contributed by atoms with Crippen LogP contribution in [0.25, 0.3) is 0 Å². The number of ether oxygens (including phenoxy) is 1. The molecule has 0 heterocycles.